The molecule has 36 heavy (non-hydrogen) atoms. The summed E-state index contributed by atoms with van der Waals surface area (Å²) in [4.78, 5) is 26.3. The summed E-state index contributed by atoms with van der Waals surface area (Å²) in [6.07, 6.45) is 4.26. The largest absolute Gasteiger partial charge is 0.490 e. The van der Waals surface area contributed by atoms with E-state index < -0.39 is 5.92 Å². The van der Waals surface area contributed by atoms with Gasteiger partial charge in [0, 0.05) is 56.9 Å². The van der Waals surface area contributed by atoms with Crippen molar-refractivity contribution in [2.45, 2.75) is 58.0 Å². The van der Waals surface area contributed by atoms with Crippen LogP contribution in [0.4, 0.5) is 0 Å². The van der Waals surface area contributed by atoms with Crippen molar-refractivity contribution < 1.29 is 19.1 Å². The zero-order valence-electron chi connectivity index (χ0n) is 19.9. The summed E-state index contributed by atoms with van der Waals surface area (Å²) < 4.78 is 12.8. The number of Topliss-reactive ketones (excluding diaryl/α,β-unsaturated/α-hetero) is 2. The number of hydrogen-bond donors (Lipinski definition) is 1. The number of hydrogen-bond acceptors (Lipinski definition) is 5. The standard InChI is InChI=1S/C28H26BrCl2NO4/c1-2-35-24-12-16(11-18(29)28(24)36-14-15-9-10-17(30)13-19(15)31)25-26-20(5-3-7-22(26)33)32-21-6-4-8-23(34)27(21)25/h9-13,25,32H,2-8,14H2,1H3. The molecule has 0 unspecified atom stereocenters. The van der Waals surface area contributed by atoms with Crippen LogP contribution in [0.2, 0.25) is 10.0 Å². The van der Waals surface area contributed by atoms with Gasteiger partial charge >= 0.3 is 0 Å². The van der Waals surface area contributed by atoms with E-state index in [1.165, 1.54) is 0 Å². The van der Waals surface area contributed by atoms with Gasteiger partial charge in [-0.15, -0.1) is 0 Å². The predicted molar refractivity (Wildman–Crippen MR) is 144 cm³/mol. The third-order valence-corrected chi connectivity index (χ3v) is 8.02. The molecule has 2 aromatic rings. The van der Waals surface area contributed by atoms with Crippen molar-refractivity contribution in [1.82, 2.24) is 5.32 Å². The lowest BCUT2D eigenvalue weighted by Crippen LogP contribution is -2.36. The minimum Gasteiger partial charge on any atom is -0.490 e. The monoisotopic (exact) mass is 589 g/mol. The average molecular weight is 591 g/mol. The highest BCUT2D eigenvalue weighted by Crippen LogP contribution is 2.48. The van der Waals surface area contributed by atoms with Crippen molar-refractivity contribution in [3.63, 3.8) is 0 Å². The van der Waals surface area contributed by atoms with Crippen molar-refractivity contribution in [3.8, 4) is 11.5 Å². The van der Waals surface area contributed by atoms with Crippen molar-refractivity contribution in [3.05, 3.63) is 78.5 Å². The van der Waals surface area contributed by atoms with Gasteiger partial charge in [0.2, 0.25) is 0 Å². The first-order valence-electron chi connectivity index (χ1n) is 12.2. The van der Waals surface area contributed by atoms with Crippen molar-refractivity contribution in [1.29, 1.82) is 0 Å². The Hall–Kier alpha value is -2.28. The summed E-state index contributed by atoms with van der Waals surface area (Å²) in [6, 6.07) is 9.12. The van der Waals surface area contributed by atoms with Gasteiger partial charge in [0.05, 0.1) is 11.1 Å². The highest BCUT2D eigenvalue weighted by Gasteiger charge is 2.40. The number of carbonyl (C=O) groups is 2. The van der Waals surface area contributed by atoms with Crippen LogP contribution in [0.25, 0.3) is 0 Å². The van der Waals surface area contributed by atoms with E-state index in [4.69, 9.17) is 32.7 Å². The van der Waals surface area contributed by atoms with Crippen LogP contribution in [0.5, 0.6) is 11.5 Å². The first-order valence-corrected chi connectivity index (χ1v) is 13.7. The minimum absolute atomic E-state index is 0.102. The molecule has 2 aromatic carbocycles. The zero-order chi connectivity index (χ0) is 25.4. The molecule has 0 radical (unpaired) electrons. The molecule has 1 N–H and O–H groups in total. The molecule has 0 saturated carbocycles. The lowest BCUT2D eigenvalue weighted by atomic mass is 9.71. The Labute approximate surface area is 229 Å². The van der Waals surface area contributed by atoms with Gasteiger partial charge in [-0.05, 0) is 78.4 Å². The van der Waals surface area contributed by atoms with E-state index >= 15 is 0 Å². The maximum absolute atomic E-state index is 13.1. The number of allylic oxidation sites excluding steroid dienone is 4. The Morgan fingerprint density at radius 2 is 1.61 bits per heavy atom. The quantitative estimate of drug-likeness (QED) is 0.379. The average Bonchev–Trinajstić information content (AvgIpc) is 2.84. The number of ketones is 2. The summed E-state index contributed by atoms with van der Waals surface area (Å²) in [5.41, 5.74) is 4.97. The molecule has 0 bridgehead atoms. The molecular formula is C28H26BrCl2NO4. The van der Waals surface area contributed by atoms with E-state index in [9.17, 15) is 9.59 Å². The van der Waals surface area contributed by atoms with E-state index in [2.05, 4.69) is 21.2 Å². The Balaban J connectivity index is 1.57. The van der Waals surface area contributed by atoms with Crippen molar-refractivity contribution in [2.24, 2.45) is 0 Å². The molecule has 8 heteroatoms. The summed E-state index contributed by atoms with van der Waals surface area (Å²) >= 11 is 16.0. The Kier molecular flexibility index (Phi) is 7.47. The summed E-state index contributed by atoms with van der Waals surface area (Å²) in [6.45, 7) is 2.56. The molecule has 188 valence electrons. The lowest BCUT2D eigenvalue weighted by molar-refractivity contribution is -0.116. The second-order valence-corrected chi connectivity index (χ2v) is 10.9. The van der Waals surface area contributed by atoms with E-state index in [1.807, 2.05) is 25.1 Å². The van der Waals surface area contributed by atoms with Crippen molar-refractivity contribution in [2.75, 3.05) is 6.61 Å². The zero-order valence-corrected chi connectivity index (χ0v) is 23.0. The highest BCUT2D eigenvalue weighted by molar-refractivity contribution is 9.10. The first-order chi connectivity index (χ1) is 17.4. The molecule has 0 spiro atoms. The second-order valence-electron chi connectivity index (χ2n) is 9.18. The van der Waals surface area contributed by atoms with Gasteiger partial charge in [-0.25, -0.2) is 0 Å². The SMILES string of the molecule is CCOc1cc(C2C3=C(CCCC3=O)NC3=C2C(=O)CCC3)cc(Br)c1OCc1ccc(Cl)cc1Cl. The van der Waals surface area contributed by atoms with Gasteiger partial charge in [0.1, 0.15) is 6.61 Å². The Morgan fingerprint density at radius 1 is 0.944 bits per heavy atom. The second kappa shape index (κ2) is 10.6. The predicted octanol–water partition coefficient (Wildman–Crippen LogP) is 7.43. The molecule has 0 saturated heterocycles. The van der Waals surface area contributed by atoms with Gasteiger partial charge in [-0.2, -0.15) is 0 Å². The lowest BCUT2D eigenvalue weighted by Gasteiger charge is -2.37. The van der Waals surface area contributed by atoms with Crippen LogP contribution in [0, 0.1) is 0 Å². The van der Waals surface area contributed by atoms with Crippen molar-refractivity contribution >= 4 is 50.7 Å². The number of rotatable bonds is 6. The molecule has 0 atom stereocenters. The van der Waals surface area contributed by atoms with Crippen LogP contribution >= 0.6 is 39.1 Å². The fraction of sp³-hybridized carbons (Fsp3) is 0.357. The summed E-state index contributed by atoms with van der Waals surface area (Å²) in [7, 11) is 0. The van der Waals surface area contributed by atoms with Crippen LogP contribution in [0.15, 0.2) is 57.3 Å². The van der Waals surface area contributed by atoms with E-state index in [0.717, 1.165) is 48.2 Å². The normalized spacial score (nSPS) is 18.1. The number of ether oxygens (including phenoxy) is 2. The Bertz CT molecular complexity index is 1270. The molecule has 2 aliphatic carbocycles. The number of dihydropyridines is 1. The smallest absolute Gasteiger partial charge is 0.175 e. The fourth-order valence-electron chi connectivity index (χ4n) is 5.26. The summed E-state index contributed by atoms with van der Waals surface area (Å²) in [5, 5.41) is 4.54. The number of carbonyl (C=O) groups excluding carboxylic acids is 2. The Morgan fingerprint density at radius 3 is 2.22 bits per heavy atom. The molecule has 5 nitrogen and oxygen atoms in total. The van der Waals surface area contributed by atoms with Gasteiger partial charge in [0.15, 0.2) is 23.1 Å². The molecule has 0 aromatic heterocycles. The van der Waals surface area contributed by atoms with Crippen LogP contribution in [-0.2, 0) is 16.2 Å². The molecule has 1 heterocycles. The molecule has 3 aliphatic rings. The molecule has 0 amide bonds. The third kappa shape index (κ3) is 4.83. The van der Waals surface area contributed by atoms with E-state index in [1.54, 1.807) is 12.1 Å². The van der Waals surface area contributed by atoms with Crippen LogP contribution in [0.3, 0.4) is 0 Å². The first kappa shape index (κ1) is 25.4. The molecule has 0 fully saturated rings. The van der Waals surface area contributed by atoms with Gasteiger partial charge < -0.3 is 14.8 Å². The number of nitrogens with one attached hydrogen (secondary N) is 1. The number of benzene rings is 2. The van der Waals surface area contributed by atoms with Crippen LogP contribution in [-0.4, -0.2) is 18.2 Å². The van der Waals surface area contributed by atoms with Gasteiger partial charge in [0.25, 0.3) is 0 Å². The third-order valence-electron chi connectivity index (χ3n) is 6.84. The van der Waals surface area contributed by atoms with Gasteiger partial charge in [-0.3, -0.25) is 9.59 Å². The minimum atomic E-state index is -0.410. The topological polar surface area (TPSA) is 64.6 Å². The maximum atomic E-state index is 13.1. The molecule has 5 rings (SSSR count). The number of halogens is 3. The van der Waals surface area contributed by atoms with E-state index in [0.29, 0.717) is 56.6 Å². The maximum Gasteiger partial charge on any atom is 0.175 e. The van der Waals surface area contributed by atoms with Gasteiger partial charge in [-0.1, -0.05) is 29.3 Å². The molecular weight excluding hydrogens is 565 g/mol. The van der Waals surface area contributed by atoms with E-state index in [-0.39, 0.29) is 18.2 Å². The van der Waals surface area contributed by atoms with Crippen LogP contribution in [0.1, 0.15) is 62.5 Å². The summed E-state index contributed by atoms with van der Waals surface area (Å²) in [5.74, 6) is 0.873. The fourth-order valence-corrected chi connectivity index (χ4v) is 6.30. The van der Waals surface area contributed by atoms with Crippen LogP contribution < -0.4 is 14.8 Å². The highest BCUT2D eigenvalue weighted by atomic mass is 79.9. The molecule has 1 aliphatic heterocycles.